The van der Waals surface area contributed by atoms with Gasteiger partial charge < -0.3 is 0 Å². The summed E-state index contributed by atoms with van der Waals surface area (Å²) in [4.78, 5) is 0. The molecule has 0 aromatic heterocycles. The number of alkyl halides is 2. The monoisotopic (exact) mass is 358 g/mol. The summed E-state index contributed by atoms with van der Waals surface area (Å²) in [5, 5.41) is 0. The minimum absolute atomic E-state index is 0.398. The van der Waals surface area contributed by atoms with Gasteiger partial charge in [-0.15, -0.1) is 23.2 Å². The summed E-state index contributed by atoms with van der Waals surface area (Å²) >= 11 is 14.1. The van der Waals surface area contributed by atoms with E-state index in [0.29, 0.717) is 0 Å². The van der Waals surface area contributed by atoms with E-state index in [1.54, 1.807) is 0 Å². The minimum Gasteiger partial charge on any atom is -0.110 e. The van der Waals surface area contributed by atoms with Crippen molar-refractivity contribution in [3.05, 3.63) is 0 Å². The first-order valence-electron chi connectivity index (χ1n) is 6.84. The topological polar surface area (TPSA) is 0 Å². The van der Waals surface area contributed by atoms with Crippen molar-refractivity contribution in [3.8, 4) is 0 Å². The van der Waals surface area contributed by atoms with E-state index in [2.05, 4.69) is 65.5 Å². The fourth-order valence-electron chi connectivity index (χ4n) is 2.74. The molecular formula is C12H32Cl2Si4. The third-order valence-electron chi connectivity index (χ3n) is 4.17. The standard InChI is InChI=1S/C12H32Cl2Si4/c1-15(2,3)11-18(10,17(7,8)9)12(13,14)16(4,5)6/h11H2,1-10H3. The molecule has 0 aromatic rings. The Balaban J connectivity index is 5.81. The predicted molar refractivity (Wildman–Crippen MR) is 101 cm³/mol. The first kappa shape index (κ1) is 19.4. The summed E-state index contributed by atoms with van der Waals surface area (Å²) in [5.41, 5.74) is 1.37. The van der Waals surface area contributed by atoms with E-state index in [4.69, 9.17) is 23.2 Å². The van der Waals surface area contributed by atoms with Crippen LogP contribution in [-0.4, -0.2) is 34.9 Å². The first-order valence-corrected chi connectivity index (χ1v) is 22.0. The SMILES string of the molecule is C[Si](C)(C)C[Si](C)(C(Cl)(Cl)[Si](C)(C)C)[Si](C)(C)C. The Kier molecular flexibility index (Phi) is 5.76. The van der Waals surface area contributed by atoms with Crippen LogP contribution in [0.4, 0.5) is 0 Å². The van der Waals surface area contributed by atoms with Crippen LogP contribution in [0.1, 0.15) is 0 Å². The summed E-state index contributed by atoms with van der Waals surface area (Å²) in [5.74, 6) is 0. The summed E-state index contributed by atoms with van der Waals surface area (Å²) < 4.78 is -0.398. The molecule has 1 atom stereocenters. The minimum atomic E-state index is -1.66. The molecule has 0 heterocycles. The molecule has 0 N–H and O–H groups in total. The highest BCUT2D eigenvalue weighted by Gasteiger charge is 2.61. The molecular weight excluding hydrogens is 327 g/mol. The van der Waals surface area contributed by atoms with Gasteiger partial charge in [-0.1, -0.05) is 71.1 Å². The lowest BCUT2D eigenvalue weighted by Gasteiger charge is -2.54. The smallest absolute Gasteiger partial charge is 0.0951 e. The van der Waals surface area contributed by atoms with E-state index in [1.807, 2.05) is 0 Å². The maximum Gasteiger partial charge on any atom is 0.0951 e. The van der Waals surface area contributed by atoms with Crippen molar-refractivity contribution in [2.24, 2.45) is 0 Å². The number of rotatable bonds is 5. The van der Waals surface area contributed by atoms with Crippen LogP contribution in [0.5, 0.6) is 0 Å². The molecule has 0 aliphatic carbocycles. The summed E-state index contributed by atoms with van der Waals surface area (Å²) in [6, 6.07) is 0. The lowest BCUT2D eigenvalue weighted by molar-refractivity contribution is 1.35. The van der Waals surface area contributed by atoms with Crippen LogP contribution in [0.15, 0.2) is 0 Å². The molecule has 18 heavy (non-hydrogen) atoms. The van der Waals surface area contributed by atoms with Crippen molar-refractivity contribution < 1.29 is 0 Å². The average molecular weight is 360 g/mol. The maximum atomic E-state index is 7.06. The lowest BCUT2D eigenvalue weighted by atomic mass is 11.7. The molecule has 0 spiro atoms. The Bertz CT molecular complexity index is 297. The number of hydrogen-bond donors (Lipinski definition) is 0. The van der Waals surface area contributed by atoms with Crippen molar-refractivity contribution >= 4 is 54.5 Å². The molecule has 0 saturated heterocycles. The van der Waals surface area contributed by atoms with Crippen LogP contribution in [0.3, 0.4) is 0 Å². The van der Waals surface area contributed by atoms with Gasteiger partial charge in [-0.2, -0.15) is 0 Å². The van der Waals surface area contributed by atoms with Crippen LogP contribution in [-0.2, 0) is 0 Å². The molecule has 6 heteroatoms. The van der Waals surface area contributed by atoms with Crippen molar-refractivity contribution in [1.29, 1.82) is 0 Å². The Morgan fingerprint density at radius 1 is 0.722 bits per heavy atom. The third-order valence-corrected chi connectivity index (χ3v) is 42.0. The van der Waals surface area contributed by atoms with Crippen molar-refractivity contribution in [2.45, 2.75) is 74.7 Å². The van der Waals surface area contributed by atoms with E-state index in [1.165, 1.54) is 5.67 Å². The van der Waals surface area contributed by atoms with Gasteiger partial charge in [-0.3, -0.25) is 0 Å². The van der Waals surface area contributed by atoms with Crippen molar-refractivity contribution in [2.75, 3.05) is 0 Å². The molecule has 0 aromatic carbocycles. The predicted octanol–water partition coefficient (Wildman–Crippen LogP) is 5.95. The van der Waals surface area contributed by atoms with E-state index in [9.17, 15) is 0 Å². The molecule has 1 unspecified atom stereocenters. The van der Waals surface area contributed by atoms with Gasteiger partial charge in [0, 0.05) is 15.7 Å². The van der Waals surface area contributed by atoms with E-state index in [-0.39, 0.29) is 0 Å². The Morgan fingerprint density at radius 3 is 1.22 bits per heavy atom. The van der Waals surface area contributed by atoms with E-state index >= 15 is 0 Å². The summed E-state index contributed by atoms with van der Waals surface area (Å²) in [6.07, 6.45) is 0. The zero-order valence-corrected chi connectivity index (χ0v) is 19.5. The summed E-state index contributed by atoms with van der Waals surface area (Å²) in [7, 11) is -5.70. The molecule has 0 aliphatic rings. The largest absolute Gasteiger partial charge is 0.110 e. The second-order valence-electron chi connectivity index (χ2n) is 9.14. The van der Waals surface area contributed by atoms with Crippen molar-refractivity contribution in [3.63, 3.8) is 0 Å². The second-order valence-corrected chi connectivity index (χ2v) is 39.7. The van der Waals surface area contributed by atoms with Gasteiger partial charge in [-0.05, 0) is 0 Å². The average Bonchev–Trinajstić information content (AvgIpc) is 1.95. The highest BCUT2D eigenvalue weighted by Crippen LogP contribution is 2.48. The Labute approximate surface area is 129 Å². The van der Waals surface area contributed by atoms with Crippen LogP contribution in [0, 0.1) is 0 Å². The molecule has 0 radical (unpaired) electrons. The molecule has 0 nitrogen and oxygen atoms in total. The van der Waals surface area contributed by atoms with Gasteiger partial charge in [-0.25, -0.2) is 0 Å². The Hall–Kier alpha value is 1.45. The van der Waals surface area contributed by atoms with Crippen LogP contribution < -0.4 is 0 Å². The maximum absolute atomic E-state index is 7.06. The Morgan fingerprint density at radius 2 is 1.06 bits per heavy atom. The molecule has 0 bridgehead atoms. The molecule has 0 rings (SSSR count). The van der Waals surface area contributed by atoms with Gasteiger partial charge in [0.15, 0.2) is 0 Å². The van der Waals surface area contributed by atoms with E-state index < -0.39 is 34.9 Å². The number of halogens is 2. The first-order chi connectivity index (χ1) is 7.46. The highest BCUT2D eigenvalue weighted by molar-refractivity contribution is 7.50. The molecule has 0 saturated carbocycles. The zero-order chi connectivity index (χ0) is 15.2. The van der Waals surface area contributed by atoms with Crippen LogP contribution in [0.25, 0.3) is 0 Å². The van der Waals surface area contributed by atoms with Gasteiger partial charge in [0.25, 0.3) is 0 Å². The third kappa shape index (κ3) is 3.98. The van der Waals surface area contributed by atoms with Crippen molar-refractivity contribution in [1.82, 2.24) is 0 Å². The lowest BCUT2D eigenvalue weighted by Crippen LogP contribution is -2.74. The normalized spacial score (nSPS) is 18.7. The second kappa shape index (κ2) is 5.33. The van der Waals surface area contributed by atoms with Gasteiger partial charge >= 0.3 is 0 Å². The molecule has 0 amide bonds. The highest BCUT2D eigenvalue weighted by atomic mass is 35.5. The molecule has 110 valence electrons. The van der Waals surface area contributed by atoms with E-state index in [0.717, 1.165) is 0 Å². The zero-order valence-electron chi connectivity index (χ0n) is 14.0. The van der Waals surface area contributed by atoms with Gasteiger partial charge in [0.1, 0.15) is 0 Å². The fraction of sp³-hybridized carbons (Fsp3) is 1.00. The summed E-state index contributed by atoms with van der Waals surface area (Å²) in [6.45, 7) is 24.4. The fourth-order valence-corrected chi connectivity index (χ4v) is 48.0. The number of hydrogen-bond acceptors (Lipinski definition) is 0. The van der Waals surface area contributed by atoms with Crippen LogP contribution >= 0.6 is 23.2 Å². The van der Waals surface area contributed by atoms with Gasteiger partial charge in [0.2, 0.25) is 0 Å². The quantitative estimate of drug-likeness (QED) is 0.420. The molecule has 0 aliphatic heterocycles. The van der Waals surface area contributed by atoms with Crippen LogP contribution in [0.2, 0.25) is 71.1 Å². The molecule has 0 fully saturated rings. The van der Waals surface area contributed by atoms with Gasteiger partial charge in [0.05, 0.1) is 19.2 Å².